The van der Waals surface area contributed by atoms with Crippen LogP contribution in [0, 0.1) is 6.92 Å². The van der Waals surface area contributed by atoms with Crippen molar-refractivity contribution in [2.45, 2.75) is 13.5 Å². The quantitative estimate of drug-likeness (QED) is 0.560. The van der Waals surface area contributed by atoms with E-state index < -0.39 is 0 Å². The normalized spacial score (nSPS) is 13.0. The molecule has 0 atom stereocenters. The second kappa shape index (κ2) is 6.85. The van der Waals surface area contributed by atoms with E-state index in [0.717, 1.165) is 10.2 Å². The van der Waals surface area contributed by atoms with Gasteiger partial charge in [-0.05, 0) is 31.2 Å². The van der Waals surface area contributed by atoms with Gasteiger partial charge in [0.15, 0.2) is 11.5 Å². The van der Waals surface area contributed by atoms with Gasteiger partial charge >= 0.3 is 0 Å². The minimum Gasteiger partial charge on any atom is -0.486 e. The molecule has 4 heterocycles. The van der Waals surface area contributed by atoms with Crippen LogP contribution in [0.1, 0.15) is 5.82 Å². The van der Waals surface area contributed by atoms with Crippen LogP contribution in [0.3, 0.4) is 0 Å². The van der Waals surface area contributed by atoms with Crippen LogP contribution in [0.4, 0.5) is 5.69 Å². The van der Waals surface area contributed by atoms with Crippen LogP contribution in [-0.2, 0) is 11.3 Å². The number of carbonyl (C=O) groups is 1. The van der Waals surface area contributed by atoms with E-state index >= 15 is 0 Å². The summed E-state index contributed by atoms with van der Waals surface area (Å²) in [6, 6.07) is 8.91. The highest BCUT2D eigenvalue weighted by atomic mass is 32.1. The summed E-state index contributed by atoms with van der Waals surface area (Å²) in [4.78, 5) is 35.2. The molecule has 0 saturated heterocycles. The molecule has 5 rings (SSSR count). The number of nitrogens with zero attached hydrogens (tertiary/aromatic N) is 3. The summed E-state index contributed by atoms with van der Waals surface area (Å²) in [6.07, 6.45) is 1.68. The average molecular weight is 408 g/mol. The van der Waals surface area contributed by atoms with Crippen molar-refractivity contribution in [1.29, 1.82) is 0 Å². The predicted molar refractivity (Wildman–Crippen MR) is 110 cm³/mol. The fraction of sp³-hybridized carbons (Fsp3) is 0.200. The molecule has 1 N–H and O–H groups in total. The fourth-order valence-corrected chi connectivity index (χ4v) is 4.35. The van der Waals surface area contributed by atoms with Gasteiger partial charge in [-0.3, -0.25) is 14.2 Å². The van der Waals surface area contributed by atoms with E-state index in [9.17, 15) is 9.59 Å². The molecule has 0 saturated carbocycles. The second-order valence-electron chi connectivity index (χ2n) is 6.59. The van der Waals surface area contributed by atoms with Crippen LogP contribution in [0.25, 0.3) is 20.4 Å². The van der Waals surface area contributed by atoms with Crippen molar-refractivity contribution < 1.29 is 14.3 Å². The lowest BCUT2D eigenvalue weighted by atomic mass is 10.2. The molecule has 0 unspecified atom stereocenters. The monoisotopic (exact) mass is 408 g/mol. The number of hydrogen-bond acceptors (Lipinski definition) is 7. The molecular formula is C20H16N4O4S. The van der Waals surface area contributed by atoms with Gasteiger partial charge in [0.1, 0.15) is 35.1 Å². The van der Waals surface area contributed by atoms with Gasteiger partial charge in [-0.15, -0.1) is 11.3 Å². The maximum atomic E-state index is 13.0. The van der Waals surface area contributed by atoms with E-state index in [1.54, 1.807) is 31.3 Å². The zero-order valence-corrected chi connectivity index (χ0v) is 16.3. The van der Waals surface area contributed by atoms with E-state index in [0.29, 0.717) is 46.4 Å². The number of amides is 1. The average Bonchev–Trinajstić information content (AvgIpc) is 3.10. The maximum absolute atomic E-state index is 13.0. The molecule has 0 aliphatic carbocycles. The van der Waals surface area contributed by atoms with Gasteiger partial charge in [0, 0.05) is 23.3 Å². The van der Waals surface area contributed by atoms with E-state index in [-0.39, 0.29) is 18.0 Å². The molecule has 29 heavy (non-hydrogen) atoms. The lowest BCUT2D eigenvalue weighted by molar-refractivity contribution is -0.116. The SMILES string of the molecule is Cc1nc2c(sc3ncccc32)c(=O)n1CC(=O)Nc1ccc2c(c1)OCCO2. The summed E-state index contributed by atoms with van der Waals surface area (Å²) in [7, 11) is 0. The number of hydrogen-bond donors (Lipinski definition) is 1. The molecule has 9 heteroatoms. The summed E-state index contributed by atoms with van der Waals surface area (Å²) < 4.78 is 12.9. The molecule has 4 aromatic rings. The highest BCUT2D eigenvalue weighted by Crippen LogP contribution is 2.32. The number of rotatable bonds is 3. The first-order valence-electron chi connectivity index (χ1n) is 9.04. The molecule has 1 aliphatic heterocycles. The molecule has 8 nitrogen and oxygen atoms in total. The zero-order valence-electron chi connectivity index (χ0n) is 15.5. The van der Waals surface area contributed by atoms with E-state index in [1.807, 2.05) is 12.1 Å². The number of thiophene rings is 1. The highest BCUT2D eigenvalue weighted by molar-refractivity contribution is 7.25. The minimum absolute atomic E-state index is 0.135. The second-order valence-corrected chi connectivity index (χ2v) is 7.59. The highest BCUT2D eigenvalue weighted by Gasteiger charge is 2.17. The topological polar surface area (TPSA) is 95.3 Å². The first-order valence-corrected chi connectivity index (χ1v) is 9.86. The summed E-state index contributed by atoms with van der Waals surface area (Å²) in [6.45, 7) is 2.56. The van der Waals surface area contributed by atoms with Crippen molar-refractivity contribution in [1.82, 2.24) is 14.5 Å². The van der Waals surface area contributed by atoms with Gasteiger partial charge < -0.3 is 14.8 Å². The van der Waals surface area contributed by atoms with E-state index in [1.165, 1.54) is 15.9 Å². The van der Waals surface area contributed by atoms with Crippen molar-refractivity contribution in [3.05, 3.63) is 52.7 Å². The van der Waals surface area contributed by atoms with Crippen LogP contribution in [0.5, 0.6) is 11.5 Å². The van der Waals surface area contributed by atoms with Crippen LogP contribution in [0.15, 0.2) is 41.3 Å². The number of fused-ring (bicyclic) bond motifs is 4. The number of carbonyl (C=O) groups excluding carboxylic acids is 1. The number of anilines is 1. The minimum atomic E-state index is -0.327. The van der Waals surface area contributed by atoms with Gasteiger partial charge in [-0.2, -0.15) is 0 Å². The van der Waals surface area contributed by atoms with Crippen molar-refractivity contribution >= 4 is 43.4 Å². The van der Waals surface area contributed by atoms with Gasteiger partial charge in [-0.1, -0.05) is 0 Å². The van der Waals surface area contributed by atoms with E-state index in [4.69, 9.17) is 9.47 Å². The number of benzene rings is 1. The molecule has 0 radical (unpaired) electrons. The lowest BCUT2D eigenvalue weighted by Crippen LogP contribution is -2.29. The van der Waals surface area contributed by atoms with Gasteiger partial charge in [-0.25, -0.2) is 9.97 Å². The van der Waals surface area contributed by atoms with Crippen LogP contribution >= 0.6 is 11.3 Å². The third-order valence-electron chi connectivity index (χ3n) is 4.67. The third kappa shape index (κ3) is 3.09. The molecular weight excluding hydrogens is 392 g/mol. The molecule has 1 aromatic carbocycles. The van der Waals surface area contributed by atoms with E-state index in [2.05, 4.69) is 15.3 Å². The molecule has 1 amide bonds. The Hall–Kier alpha value is -3.46. The summed E-state index contributed by atoms with van der Waals surface area (Å²) in [5.41, 5.74) is 0.960. The van der Waals surface area contributed by atoms with Crippen LogP contribution in [0.2, 0.25) is 0 Å². The molecule has 0 fully saturated rings. The Morgan fingerprint density at radius 3 is 2.93 bits per heavy atom. The maximum Gasteiger partial charge on any atom is 0.272 e. The Kier molecular flexibility index (Phi) is 4.17. The lowest BCUT2D eigenvalue weighted by Gasteiger charge is -2.19. The number of pyridine rings is 1. The first kappa shape index (κ1) is 17.6. The molecule has 3 aromatic heterocycles. The molecule has 146 valence electrons. The van der Waals surface area contributed by atoms with Crippen LogP contribution in [-0.4, -0.2) is 33.7 Å². The first-order chi connectivity index (χ1) is 14.1. The number of aromatic nitrogens is 3. The largest absolute Gasteiger partial charge is 0.486 e. The van der Waals surface area contributed by atoms with Gasteiger partial charge in [0.25, 0.3) is 5.56 Å². The summed E-state index contributed by atoms with van der Waals surface area (Å²) in [5.74, 6) is 1.38. The summed E-state index contributed by atoms with van der Waals surface area (Å²) >= 11 is 1.29. The van der Waals surface area contributed by atoms with Gasteiger partial charge in [0.05, 0.1) is 5.52 Å². The van der Waals surface area contributed by atoms with Crippen LogP contribution < -0.4 is 20.3 Å². The number of ether oxygens (including phenoxy) is 2. The molecule has 1 aliphatic rings. The van der Waals surface area contributed by atoms with Crippen molar-refractivity contribution in [3.63, 3.8) is 0 Å². The third-order valence-corrected chi connectivity index (χ3v) is 5.76. The standard InChI is InChI=1S/C20H16N4O4S/c1-11-22-17-13-3-2-6-21-19(13)29-18(17)20(26)24(11)10-16(25)23-12-4-5-14-15(9-12)28-8-7-27-14/h2-6,9H,7-8,10H2,1H3,(H,23,25). The Bertz CT molecular complexity index is 1330. The smallest absolute Gasteiger partial charge is 0.272 e. The summed E-state index contributed by atoms with van der Waals surface area (Å²) in [5, 5.41) is 3.65. The number of nitrogens with one attached hydrogen (secondary N) is 1. The van der Waals surface area contributed by atoms with Crippen molar-refractivity contribution in [2.75, 3.05) is 18.5 Å². The van der Waals surface area contributed by atoms with Gasteiger partial charge in [0.2, 0.25) is 5.91 Å². The van der Waals surface area contributed by atoms with Crippen molar-refractivity contribution in [2.24, 2.45) is 0 Å². The Labute approximate surface area is 168 Å². The fourth-order valence-electron chi connectivity index (χ4n) is 3.32. The molecule has 0 bridgehead atoms. The Balaban J connectivity index is 1.44. The number of aryl methyl sites for hydroxylation is 1. The Morgan fingerprint density at radius 2 is 2.07 bits per heavy atom. The Morgan fingerprint density at radius 1 is 1.24 bits per heavy atom. The zero-order chi connectivity index (χ0) is 20.0. The van der Waals surface area contributed by atoms with Crippen molar-refractivity contribution in [3.8, 4) is 11.5 Å². The molecule has 0 spiro atoms. The predicted octanol–water partition coefficient (Wildman–Crippen LogP) is 2.72.